The minimum absolute atomic E-state index is 0.0234. The second-order valence-electron chi connectivity index (χ2n) is 7.96. The van der Waals surface area contributed by atoms with E-state index in [1.165, 1.54) is 6.42 Å². The lowest BCUT2D eigenvalue weighted by Gasteiger charge is -2.38. The number of ether oxygens (including phenoxy) is 2. The van der Waals surface area contributed by atoms with Gasteiger partial charge >= 0.3 is 5.97 Å². The summed E-state index contributed by atoms with van der Waals surface area (Å²) in [5.41, 5.74) is 0. The molecule has 0 spiro atoms. The van der Waals surface area contributed by atoms with Crippen LogP contribution >= 0.6 is 0 Å². The molecule has 0 radical (unpaired) electrons. The zero-order chi connectivity index (χ0) is 15.9. The molecule has 4 nitrogen and oxygen atoms in total. The Bertz CT molecular complexity index is 408. The molecule has 2 saturated heterocycles. The molecule has 126 valence electrons. The van der Waals surface area contributed by atoms with Crippen molar-refractivity contribution >= 4 is 5.97 Å². The van der Waals surface area contributed by atoms with E-state index in [4.69, 9.17) is 9.47 Å². The van der Waals surface area contributed by atoms with Crippen LogP contribution in [0.15, 0.2) is 0 Å². The van der Waals surface area contributed by atoms with Crippen molar-refractivity contribution in [3.8, 4) is 0 Å². The maximum atomic E-state index is 12.7. The van der Waals surface area contributed by atoms with Gasteiger partial charge in [0.25, 0.3) is 0 Å². The van der Waals surface area contributed by atoms with Crippen LogP contribution in [0.2, 0.25) is 0 Å². The lowest BCUT2D eigenvalue weighted by Crippen LogP contribution is -2.42. The lowest BCUT2D eigenvalue weighted by atomic mass is 9.75. The summed E-state index contributed by atoms with van der Waals surface area (Å²) in [5, 5.41) is 9.61. The first-order valence-corrected chi connectivity index (χ1v) is 8.98. The summed E-state index contributed by atoms with van der Waals surface area (Å²) in [6.07, 6.45) is 5.30. The van der Waals surface area contributed by atoms with Crippen molar-refractivity contribution in [3.05, 3.63) is 0 Å². The minimum atomic E-state index is -0.256. The molecule has 3 aliphatic rings. The van der Waals surface area contributed by atoms with Crippen LogP contribution in [-0.2, 0) is 14.3 Å². The van der Waals surface area contributed by atoms with E-state index in [0.717, 1.165) is 25.7 Å². The Kier molecular flexibility index (Phi) is 4.79. The predicted molar refractivity (Wildman–Crippen MR) is 83.2 cm³/mol. The van der Waals surface area contributed by atoms with Crippen LogP contribution in [0.5, 0.6) is 0 Å². The van der Waals surface area contributed by atoms with Gasteiger partial charge in [-0.25, -0.2) is 0 Å². The summed E-state index contributed by atoms with van der Waals surface area (Å²) in [5.74, 6) is 1.18. The summed E-state index contributed by atoms with van der Waals surface area (Å²) in [6.45, 7) is 6.71. The molecule has 1 saturated carbocycles. The Balaban J connectivity index is 1.67. The summed E-state index contributed by atoms with van der Waals surface area (Å²) >= 11 is 0. The maximum absolute atomic E-state index is 12.7. The maximum Gasteiger partial charge on any atom is 0.312 e. The van der Waals surface area contributed by atoms with E-state index in [0.29, 0.717) is 17.8 Å². The lowest BCUT2D eigenvalue weighted by molar-refractivity contribution is -0.164. The zero-order valence-electron chi connectivity index (χ0n) is 14.0. The second kappa shape index (κ2) is 6.48. The molecule has 0 amide bonds. The van der Waals surface area contributed by atoms with E-state index in [1.807, 2.05) is 0 Å². The van der Waals surface area contributed by atoms with Gasteiger partial charge in [-0.05, 0) is 43.4 Å². The number of carbonyl (C=O) groups is 1. The molecular formula is C18H30O4. The van der Waals surface area contributed by atoms with Gasteiger partial charge < -0.3 is 14.6 Å². The number of fused-ring (bicyclic) bond motifs is 2. The van der Waals surface area contributed by atoms with Gasteiger partial charge in [-0.15, -0.1) is 0 Å². The molecule has 0 aromatic carbocycles. The van der Waals surface area contributed by atoms with Crippen molar-refractivity contribution in [2.45, 2.75) is 71.2 Å². The number of rotatable bonds is 4. The number of hydrogen-bond acceptors (Lipinski definition) is 4. The van der Waals surface area contributed by atoms with Gasteiger partial charge in [0.05, 0.1) is 18.1 Å². The molecule has 0 aromatic heterocycles. The van der Waals surface area contributed by atoms with Gasteiger partial charge in [0.15, 0.2) is 0 Å². The zero-order valence-corrected chi connectivity index (χ0v) is 14.0. The van der Waals surface area contributed by atoms with Crippen molar-refractivity contribution in [3.63, 3.8) is 0 Å². The molecule has 22 heavy (non-hydrogen) atoms. The van der Waals surface area contributed by atoms with E-state index >= 15 is 0 Å². The summed E-state index contributed by atoms with van der Waals surface area (Å²) in [6, 6.07) is 0. The summed E-state index contributed by atoms with van der Waals surface area (Å²) in [4.78, 5) is 12.7. The summed E-state index contributed by atoms with van der Waals surface area (Å²) in [7, 11) is 0. The molecule has 3 rings (SSSR count). The fourth-order valence-corrected chi connectivity index (χ4v) is 4.81. The molecule has 1 aliphatic carbocycles. The van der Waals surface area contributed by atoms with Crippen LogP contribution in [0, 0.1) is 29.6 Å². The van der Waals surface area contributed by atoms with Crippen molar-refractivity contribution in [2.75, 3.05) is 6.61 Å². The average Bonchev–Trinajstić information content (AvgIpc) is 3.07. The van der Waals surface area contributed by atoms with E-state index in [1.54, 1.807) is 0 Å². The monoisotopic (exact) mass is 310 g/mol. The van der Waals surface area contributed by atoms with E-state index in [-0.39, 0.29) is 42.7 Å². The summed E-state index contributed by atoms with van der Waals surface area (Å²) < 4.78 is 11.8. The number of aliphatic hydroxyl groups excluding tert-OH is 1. The first-order valence-electron chi connectivity index (χ1n) is 8.98. The Morgan fingerprint density at radius 3 is 2.64 bits per heavy atom. The van der Waals surface area contributed by atoms with Crippen molar-refractivity contribution in [1.29, 1.82) is 0 Å². The number of esters is 1. The van der Waals surface area contributed by atoms with E-state index in [9.17, 15) is 9.90 Å². The minimum Gasteiger partial charge on any atom is -0.462 e. The Labute approximate surface area is 133 Å². The fourth-order valence-electron chi connectivity index (χ4n) is 4.81. The molecule has 0 aromatic rings. The number of hydrogen-bond donors (Lipinski definition) is 1. The standard InChI is InChI=1S/C18H30O4/c1-10(2)12-5-4-11(3)8-16(12)22-18(20)17-13(9-19)14-6-7-15(17)21-14/h10-17,19H,4-9H2,1-3H3. The molecule has 4 heteroatoms. The topological polar surface area (TPSA) is 55.8 Å². The molecule has 7 atom stereocenters. The predicted octanol–water partition coefficient (Wildman–Crippen LogP) is 2.78. The normalized spacial score (nSPS) is 44.5. The molecule has 1 N–H and O–H groups in total. The van der Waals surface area contributed by atoms with Gasteiger partial charge in [-0.1, -0.05) is 27.2 Å². The Morgan fingerprint density at radius 2 is 1.95 bits per heavy atom. The fraction of sp³-hybridized carbons (Fsp3) is 0.944. The van der Waals surface area contributed by atoms with Gasteiger partial charge in [0.1, 0.15) is 6.10 Å². The first kappa shape index (κ1) is 16.3. The highest BCUT2D eigenvalue weighted by molar-refractivity contribution is 5.74. The van der Waals surface area contributed by atoms with Crippen LogP contribution < -0.4 is 0 Å². The van der Waals surface area contributed by atoms with Crippen molar-refractivity contribution in [2.24, 2.45) is 29.6 Å². The molecule has 2 heterocycles. The molecule has 2 aliphatic heterocycles. The Hall–Kier alpha value is -0.610. The highest BCUT2D eigenvalue weighted by Gasteiger charge is 2.53. The van der Waals surface area contributed by atoms with Gasteiger partial charge in [-0.2, -0.15) is 0 Å². The SMILES string of the molecule is CC1CCC(C(C)C)C(OC(=O)C2C3CCC(O3)C2CO)C1. The number of carbonyl (C=O) groups excluding carboxylic acids is 1. The third kappa shape index (κ3) is 2.92. The van der Waals surface area contributed by atoms with E-state index < -0.39 is 0 Å². The third-order valence-electron chi connectivity index (χ3n) is 6.14. The van der Waals surface area contributed by atoms with E-state index in [2.05, 4.69) is 20.8 Å². The smallest absolute Gasteiger partial charge is 0.312 e. The van der Waals surface area contributed by atoms with Crippen LogP contribution in [0.4, 0.5) is 0 Å². The first-order chi connectivity index (χ1) is 10.5. The molecule has 7 unspecified atom stereocenters. The quantitative estimate of drug-likeness (QED) is 0.811. The van der Waals surface area contributed by atoms with Gasteiger partial charge in [-0.3, -0.25) is 4.79 Å². The average molecular weight is 310 g/mol. The second-order valence-corrected chi connectivity index (χ2v) is 7.96. The largest absolute Gasteiger partial charge is 0.462 e. The Morgan fingerprint density at radius 1 is 1.23 bits per heavy atom. The van der Waals surface area contributed by atoms with Crippen LogP contribution in [0.3, 0.4) is 0 Å². The highest BCUT2D eigenvalue weighted by Crippen LogP contribution is 2.44. The van der Waals surface area contributed by atoms with Gasteiger partial charge in [0, 0.05) is 12.5 Å². The van der Waals surface area contributed by atoms with Crippen LogP contribution in [0.1, 0.15) is 52.9 Å². The van der Waals surface area contributed by atoms with Crippen LogP contribution in [0.25, 0.3) is 0 Å². The molecular weight excluding hydrogens is 280 g/mol. The molecule has 3 fully saturated rings. The van der Waals surface area contributed by atoms with Gasteiger partial charge in [0.2, 0.25) is 0 Å². The highest BCUT2D eigenvalue weighted by atomic mass is 16.6. The number of aliphatic hydroxyl groups is 1. The van der Waals surface area contributed by atoms with Crippen LogP contribution in [-0.4, -0.2) is 36.0 Å². The van der Waals surface area contributed by atoms with Crippen molar-refractivity contribution < 1.29 is 19.4 Å². The third-order valence-corrected chi connectivity index (χ3v) is 6.14. The molecule has 2 bridgehead atoms. The van der Waals surface area contributed by atoms with Crippen molar-refractivity contribution in [1.82, 2.24) is 0 Å².